The normalized spacial score (nSPS) is 15.8. The maximum Gasteiger partial charge on any atom is 0.416 e. The number of carbonyl (C=O) groups is 2. The number of aromatic nitrogens is 1. The number of carboxylic acids is 1. The molecule has 2 aliphatic carbocycles. The van der Waals surface area contributed by atoms with Gasteiger partial charge in [0.15, 0.2) is 10.8 Å². The van der Waals surface area contributed by atoms with Gasteiger partial charge in [-0.3, -0.25) is 0 Å². The summed E-state index contributed by atoms with van der Waals surface area (Å²) in [7, 11) is 0. The molecule has 0 radical (unpaired) electrons. The van der Waals surface area contributed by atoms with Crippen molar-refractivity contribution in [3.8, 4) is 11.1 Å². The van der Waals surface area contributed by atoms with Gasteiger partial charge in [-0.05, 0) is 35.1 Å². The van der Waals surface area contributed by atoms with Gasteiger partial charge in [0.05, 0.1) is 0 Å². The van der Waals surface area contributed by atoms with E-state index < -0.39 is 12.1 Å². The number of carbonyl (C=O) groups excluding carboxylic acids is 1. The molecular weight excluding hydrogens is 424 g/mol. The number of rotatable bonds is 5. The van der Waals surface area contributed by atoms with Crippen molar-refractivity contribution in [2.75, 3.05) is 11.5 Å². The van der Waals surface area contributed by atoms with Gasteiger partial charge in [0.1, 0.15) is 6.61 Å². The number of aromatic carboxylic acids is 1. The molecule has 7 heteroatoms. The van der Waals surface area contributed by atoms with Crippen molar-refractivity contribution in [3.63, 3.8) is 0 Å². The van der Waals surface area contributed by atoms with Gasteiger partial charge in [0.2, 0.25) is 0 Å². The van der Waals surface area contributed by atoms with Gasteiger partial charge < -0.3 is 9.84 Å². The first-order chi connectivity index (χ1) is 15.6. The van der Waals surface area contributed by atoms with E-state index in [0.717, 1.165) is 43.2 Å². The Morgan fingerprint density at radius 2 is 1.62 bits per heavy atom. The smallest absolute Gasteiger partial charge is 0.416 e. The monoisotopic (exact) mass is 448 g/mol. The molecule has 164 valence electrons. The summed E-state index contributed by atoms with van der Waals surface area (Å²) < 4.78 is 5.89. The lowest BCUT2D eigenvalue weighted by Crippen LogP contribution is -2.42. The topological polar surface area (TPSA) is 79.7 Å². The average Bonchev–Trinajstić information content (AvgIpc) is 3.42. The number of carboxylic acid groups (broad SMARTS) is 1. The van der Waals surface area contributed by atoms with Gasteiger partial charge in [-0.15, -0.1) is 11.3 Å². The molecule has 0 atom stereocenters. The third-order valence-corrected chi connectivity index (χ3v) is 7.23. The summed E-state index contributed by atoms with van der Waals surface area (Å²) in [6.45, 7) is 0.229. The first-order valence-electron chi connectivity index (χ1n) is 11.0. The van der Waals surface area contributed by atoms with Crippen LogP contribution in [0.4, 0.5) is 9.93 Å². The van der Waals surface area contributed by atoms with Crippen molar-refractivity contribution in [1.82, 2.24) is 4.98 Å². The van der Waals surface area contributed by atoms with Crippen molar-refractivity contribution in [2.45, 2.75) is 44.1 Å². The van der Waals surface area contributed by atoms with Crippen LogP contribution in [0.25, 0.3) is 11.1 Å². The molecule has 2 aliphatic rings. The van der Waals surface area contributed by atoms with Crippen LogP contribution in [-0.2, 0) is 4.74 Å². The third kappa shape index (κ3) is 3.77. The van der Waals surface area contributed by atoms with Crippen LogP contribution >= 0.6 is 11.3 Å². The second kappa shape index (κ2) is 8.74. The maximum atomic E-state index is 13.3. The predicted molar refractivity (Wildman–Crippen MR) is 123 cm³/mol. The molecule has 1 heterocycles. The number of hydrogen-bond acceptors (Lipinski definition) is 5. The van der Waals surface area contributed by atoms with E-state index in [9.17, 15) is 14.7 Å². The zero-order chi connectivity index (χ0) is 22.1. The second-order valence-corrected chi connectivity index (χ2v) is 9.12. The highest BCUT2D eigenvalue weighted by atomic mass is 32.1. The van der Waals surface area contributed by atoms with Crippen LogP contribution in [0.1, 0.15) is 59.6 Å². The molecule has 6 nitrogen and oxygen atoms in total. The number of fused-ring (bicyclic) bond motifs is 3. The molecule has 0 spiro atoms. The Labute approximate surface area is 190 Å². The average molecular weight is 449 g/mol. The summed E-state index contributed by atoms with van der Waals surface area (Å²) >= 11 is 1.18. The standard InChI is InChI=1S/C25H24N2O4S/c28-23(29)22-15-32-24(26-22)27(16-8-2-1-3-9-16)25(30)31-14-21-19-12-6-4-10-17(19)18-11-5-7-13-20(18)21/h4-7,10-13,15-16,21H,1-3,8-9,14H2,(H,28,29). The molecule has 1 saturated carbocycles. The van der Waals surface area contributed by atoms with Crippen molar-refractivity contribution in [3.05, 3.63) is 70.7 Å². The summed E-state index contributed by atoms with van der Waals surface area (Å²) in [5.41, 5.74) is 4.64. The zero-order valence-corrected chi connectivity index (χ0v) is 18.4. The number of amides is 1. The highest BCUT2D eigenvalue weighted by Gasteiger charge is 2.33. The highest BCUT2D eigenvalue weighted by Crippen LogP contribution is 2.44. The highest BCUT2D eigenvalue weighted by molar-refractivity contribution is 7.14. The minimum atomic E-state index is -1.09. The Morgan fingerprint density at radius 1 is 1.00 bits per heavy atom. The first kappa shape index (κ1) is 20.7. The molecule has 32 heavy (non-hydrogen) atoms. The van der Waals surface area contributed by atoms with E-state index in [1.54, 1.807) is 4.90 Å². The molecule has 3 aromatic rings. The van der Waals surface area contributed by atoms with E-state index in [-0.39, 0.29) is 24.3 Å². The van der Waals surface area contributed by atoms with Crippen molar-refractivity contribution in [2.24, 2.45) is 0 Å². The Hall–Kier alpha value is -3.19. The lowest BCUT2D eigenvalue weighted by Gasteiger charge is -2.32. The predicted octanol–water partition coefficient (Wildman–Crippen LogP) is 5.93. The number of benzene rings is 2. The molecule has 1 aromatic heterocycles. The molecular formula is C25H24N2O4S. The summed E-state index contributed by atoms with van der Waals surface area (Å²) in [5.74, 6) is -1.12. The molecule has 5 rings (SSSR count). The fourth-order valence-electron chi connectivity index (χ4n) is 4.86. The van der Waals surface area contributed by atoms with Crippen LogP contribution in [0.3, 0.4) is 0 Å². The maximum absolute atomic E-state index is 13.3. The van der Waals surface area contributed by atoms with Crippen molar-refractivity contribution < 1.29 is 19.4 Å². The quantitative estimate of drug-likeness (QED) is 0.523. The second-order valence-electron chi connectivity index (χ2n) is 8.29. The van der Waals surface area contributed by atoms with E-state index in [1.165, 1.54) is 27.8 Å². The van der Waals surface area contributed by atoms with Gasteiger partial charge in [-0.25, -0.2) is 19.5 Å². The number of thiazole rings is 1. The van der Waals surface area contributed by atoms with E-state index in [0.29, 0.717) is 5.13 Å². The number of anilines is 1. The Balaban J connectivity index is 1.39. The van der Waals surface area contributed by atoms with Crippen LogP contribution in [0.2, 0.25) is 0 Å². The van der Waals surface area contributed by atoms with E-state index in [4.69, 9.17) is 4.74 Å². The molecule has 0 saturated heterocycles. The number of ether oxygens (including phenoxy) is 1. The lowest BCUT2D eigenvalue weighted by molar-refractivity contribution is 0.0691. The lowest BCUT2D eigenvalue weighted by atomic mass is 9.95. The van der Waals surface area contributed by atoms with Crippen molar-refractivity contribution >= 4 is 28.5 Å². The molecule has 1 fully saturated rings. The number of nitrogens with zero attached hydrogens (tertiary/aromatic N) is 2. The summed E-state index contributed by atoms with van der Waals surface area (Å²) in [6, 6.07) is 16.4. The third-order valence-electron chi connectivity index (χ3n) is 6.39. The Kier molecular flexibility index (Phi) is 5.66. The molecule has 2 aromatic carbocycles. The molecule has 0 bridgehead atoms. The minimum absolute atomic E-state index is 0.0211. The van der Waals surface area contributed by atoms with Gasteiger partial charge in [0, 0.05) is 17.3 Å². The van der Waals surface area contributed by atoms with E-state index >= 15 is 0 Å². The minimum Gasteiger partial charge on any atom is -0.476 e. The van der Waals surface area contributed by atoms with E-state index in [2.05, 4.69) is 29.2 Å². The fraction of sp³-hybridized carbons (Fsp3) is 0.320. The fourth-order valence-corrected chi connectivity index (χ4v) is 5.72. The van der Waals surface area contributed by atoms with Crippen molar-refractivity contribution in [1.29, 1.82) is 0 Å². The van der Waals surface area contributed by atoms with Gasteiger partial charge >= 0.3 is 12.1 Å². The van der Waals surface area contributed by atoms with Crippen LogP contribution in [0, 0.1) is 0 Å². The Morgan fingerprint density at radius 3 is 2.22 bits per heavy atom. The van der Waals surface area contributed by atoms with Gasteiger partial charge in [-0.1, -0.05) is 67.8 Å². The van der Waals surface area contributed by atoms with Crippen LogP contribution in [-0.4, -0.2) is 34.8 Å². The zero-order valence-electron chi connectivity index (χ0n) is 17.6. The Bertz CT molecular complexity index is 1110. The molecule has 1 N–H and O–H groups in total. The summed E-state index contributed by atoms with van der Waals surface area (Å²) in [6.07, 6.45) is 4.50. The van der Waals surface area contributed by atoms with Crippen LogP contribution in [0.15, 0.2) is 53.9 Å². The SMILES string of the molecule is O=C(O)c1csc(N(C(=O)OCC2c3ccccc3-c3ccccc32)C2CCCCC2)n1. The van der Waals surface area contributed by atoms with Crippen LogP contribution < -0.4 is 4.90 Å². The van der Waals surface area contributed by atoms with Gasteiger partial charge in [-0.2, -0.15) is 0 Å². The molecule has 1 amide bonds. The molecule has 0 aliphatic heterocycles. The molecule has 0 unspecified atom stereocenters. The van der Waals surface area contributed by atoms with Gasteiger partial charge in [0.25, 0.3) is 0 Å². The first-order valence-corrected chi connectivity index (χ1v) is 11.8. The largest absolute Gasteiger partial charge is 0.476 e. The van der Waals surface area contributed by atoms with E-state index in [1.807, 2.05) is 24.3 Å². The summed E-state index contributed by atoms with van der Waals surface area (Å²) in [4.78, 5) is 30.4. The summed E-state index contributed by atoms with van der Waals surface area (Å²) in [5, 5.41) is 11.1. The number of hydrogen-bond donors (Lipinski definition) is 1. The van der Waals surface area contributed by atoms with Crippen LogP contribution in [0.5, 0.6) is 0 Å².